The van der Waals surface area contributed by atoms with E-state index in [9.17, 15) is 4.79 Å². The lowest BCUT2D eigenvalue weighted by molar-refractivity contribution is -0.130. The van der Waals surface area contributed by atoms with Crippen molar-refractivity contribution < 1.29 is 19.1 Å². The lowest BCUT2D eigenvalue weighted by Gasteiger charge is -2.19. The van der Waals surface area contributed by atoms with Crippen molar-refractivity contribution >= 4 is 35.1 Å². The highest BCUT2D eigenvalue weighted by Crippen LogP contribution is 2.28. The second-order valence-electron chi connectivity index (χ2n) is 5.94. The molecule has 0 spiro atoms. The average Bonchev–Trinajstić information content (AvgIpc) is 2.73. The number of hydrogen-bond acceptors (Lipinski definition) is 8. The van der Waals surface area contributed by atoms with Crippen LogP contribution in [0.25, 0.3) is 0 Å². The number of nitrogens with zero attached hydrogens (tertiary/aromatic N) is 3. The maximum absolute atomic E-state index is 11.7. The highest BCUT2D eigenvalue weighted by molar-refractivity contribution is 7.99. The van der Waals surface area contributed by atoms with Crippen LogP contribution in [0.4, 0.5) is 5.82 Å². The van der Waals surface area contributed by atoms with Gasteiger partial charge in [0.25, 0.3) is 5.91 Å². The summed E-state index contributed by atoms with van der Waals surface area (Å²) in [7, 11) is 5.15. The first kappa shape index (κ1) is 23.1. The molecule has 2 rings (SSSR count). The molecule has 1 aromatic carbocycles. The number of hydroxylamine groups is 1. The highest BCUT2D eigenvalue weighted by atomic mass is 35.5. The van der Waals surface area contributed by atoms with Crippen LogP contribution in [0.1, 0.15) is 12.5 Å². The summed E-state index contributed by atoms with van der Waals surface area (Å²) in [5.74, 6) is 1.95. The minimum atomic E-state index is -0.260. The fourth-order valence-corrected chi connectivity index (χ4v) is 3.27. The van der Waals surface area contributed by atoms with Crippen LogP contribution in [0.2, 0.25) is 5.15 Å². The number of rotatable bonds is 11. The van der Waals surface area contributed by atoms with E-state index in [1.165, 1.54) is 11.8 Å². The number of halogens is 1. The third kappa shape index (κ3) is 7.26. The van der Waals surface area contributed by atoms with E-state index >= 15 is 0 Å². The molecule has 0 atom stereocenters. The van der Waals surface area contributed by atoms with Crippen molar-refractivity contribution in [3.05, 3.63) is 35.0 Å². The lowest BCUT2D eigenvalue weighted by Crippen LogP contribution is -2.25. The number of anilines is 1. The number of methoxy groups -OCH3 is 2. The quantitative estimate of drug-likeness (QED) is 0.247. The zero-order valence-corrected chi connectivity index (χ0v) is 18.5. The predicted molar refractivity (Wildman–Crippen MR) is 114 cm³/mol. The summed E-state index contributed by atoms with van der Waals surface area (Å²) in [4.78, 5) is 27.2. The van der Waals surface area contributed by atoms with Crippen LogP contribution in [-0.2, 0) is 16.1 Å². The van der Waals surface area contributed by atoms with Gasteiger partial charge in [-0.3, -0.25) is 9.63 Å². The fourth-order valence-electron chi connectivity index (χ4n) is 2.41. The molecular weight excluding hydrogens is 416 g/mol. The molecule has 0 bridgehead atoms. The molecule has 0 saturated heterocycles. The van der Waals surface area contributed by atoms with Crippen LogP contribution < -0.4 is 19.9 Å². The Balaban J connectivity index is 1.99. The fraction of sp³-hybridized carbons (Fsp3) is 0.421. The van der Waals surface area contributed by atoms with E-state index in [1.807, 2.05) is 30.1 Å². The summed E-state index contributed by atoms with van der Waals surface area (Å²) in [6, 6.07) is 7.54. The molecule has 158 valence electrons. The van der Waals surface area contributed by atoms with E-state index in [-0.39, 0.29) is 11.7 Å². The van der Waals surface area contributed by atoms with Gasteiger partial charge in [0.15, 0.2) is 16.7 Å². The van der Waals surface area contributed by atoms with Crippen molar-refractivity contribution in [1.82, 2.24) is 15.4 Å². The average molecular weight is 441 g/mol. The first-order valence-corrected chi connectivity index (χ1v) is 10.3. The SMILES string of the molecule is CCONC(=O)CSc1nc(Cl)cc(N(C)CCc2ccc(OC)c(OC)c2)n1. The highest BCUT2D eigenvalue weighted by Gasteiger charge is 2.11. The minimum Gasteiger partial charge on any atom is -0.493 e. The van der Waals surface area contributed by atoms with Crippen LogP contribution in [0.15, 0.2) is 29.4 Å². The van der Waals surface area contributed by atoms with Gasteiger partial charge in [0.2, 0.25) is 0 Å². The number of hydrogen-bond donors (Lipinski definition) is 1. The zero-order chi connectivity index (χ0) is 21.2. The molecule has 0 saturated carbocycles. The number of likely N-dealkylation sites (N-methyl/N-ethyl adjacent to an activating group) is 1. The first-order valence-electron chi connectivity index (χ1n) is 8.96. The van der Waals surface area contributed by atoms with Gasteiger partial charge in [-0.25, -0.2) is 15.4 Å². The van der Waals surface area contributed by atoms with E-state index in [0.29, 0.717) is 40.8 Å². The molecule has 1 amide bonds. The molecule has 0 unspecified atom stereocenters. The van der Waals surface area contributed by atoms with Crippen LogP contribution in [0.3, 0.4) is 0 Å². The van der Waals surface area contributed by atoms with Gasteiger partial charge in [-0.1, -0.05) is 29.4 Å². The van der Waals surface area contributed by atoms with Crippen LogP contribution in [0.5, 0.6) is 11.5 Å². The van der Waals surface area contributed by atoms with Crippen molar-refractivity contribution in [2.24, 2.45) is 0 Å². The van der Waals surface area contributed by atoms with Gasteiger partial charge in [0.05, 0.1) is 26.6 Å². The zero-order valence-electron chi connectivity index (χ0n) is 16.9. The number of nitrogens with one attached hydrogen (secondary N) is 1. The van der Waals surface area contributed by atoms with Crippen molar-refractivity contribution in [3.63, 3.8) is 0 Å². The van der Waals surface area contributed by atoms with Gasteiger partial charge >= 0.3 is 0 Å². The molecule has 0 aliphatic heterocycles. The first-order chi connectivity index (χ1) is 14.0. The summed E-state index contributed by atoms with van der Waals surface area (Å²) in [5, 5.41) is 0.748. The van der Waals surface area contributed by atoms with Crippen molar-refractivity contribution in [1.29, 1.82) is 0 Å². The molecule has 1 heterocycles. The number of carbonyl (C=O) groups excluding carboxylic acids is 1. The molecule has 1 N–H and O–H groups in total. The van der Waals surface area contributed by atoms with Crippen molar-refractivity contribution in [2.75, 3.05) is 45.1 Å². The normalized spacial score (nSPS) is 10.5. The molecule has 1 aromatic heterocycles. The summed E-state index contributed by atoms with van der Waals surface area (Å²) in [6.45, 7) is 2.90. The van der Waals surface area contributed by atoms with Gasteiger partial charge < -0.3 is 14.4 Å². The summed E-state index contributed by atoms with van der Waals surface area (Å²) in [5.41, 5.74) is 3.44. The summed E-state index contributed by atoms with van der Waals surface area (Å²) >= 11 is 7.33. The van der Waals surface area contributed by atoms with Crippen molar-refractivity contribution in [2.45, 2.75) is 18.5 Å². The van der Waals surface area contributed by atoms with Gasteiger partial charge in [-0.05, 0) is 31.0 Å². The van der Waals surface area contributed by atoms with Gasteiger partial charge in [0, 0.05) is 19.7 Å². The van der Waals surface area contributed by atoms with E-state index in [0.717, 1.165) is 12.0 Å². The largest absolute Gasteiger partial charge is 0.493 e. The third-order valence-electron chi connectivity index (χ3n) is 3.90. The van der Waals surface area contributed by atoms with Gasteiger partial charge in [0.1, 0.15) is 11.0 Å². The number of thioether (sulfide) groups is 1. The van der Waals surface area contributed by atoms with Gasteiger partial charge in [-0.2, -0.15) is 0 Å². The molecule has 0 aliphatic rings. The lowest BCUT2D eigenvalue weighted by atomic mass is 10.1. The Bertz CT molecular complexity index is 825. The Morgan fingerprint density at radius 2 is 1.97 bits per heavy atom. The Hall–Kier alpha value is -2.23. The second kappa shape index (κ2) is 11.7. The molecular formula is C19H25ClN4O4S. The van der Waals surface area contributed by atoms with E-state index in [2.05, 4.69) is 15.4 Å². The number of benzene rings is 1. The van der Waals surface area contributed by atoms with Crippen LogP contribution in [0, 0.1) is 0 Å². The molecule has 2 aromatic rings. The van der Waals surface area contributed by atoms with Gasteiger partial charge in [-0.15, -0.1) is 0 Å². The molecule has 10 heteroatoms. The number of amides is 1. The van der Waals surface area contributed by atoms with Crippen LogP contribution >= 0.6 is 23.4 Å². The van der Waals surface area contributed by atoms with E-state index in [4.69, 9.17) is 25.9 Å². The monoisotopic (exact) mass is 440 g/mol. The second-order valence-corrected chi connectivity index (χ2v) is 7.27. The smallest absolute Gasteiger partial charge is 0.254 e. The molecule has 0 fully saturated rings. The molecule has 0 aliphatic carbocycles. The maximum atomic E-state index is 11.7. The topological polar surface area (TPSA) is 85.8 Å². The third-order valence-corrected chi connectivity index (χ3v) is 4.94. The molecule has 8 nitrogen and oxygen atoms in total. The summed E-state index contributed by atoms with van der Waals surface area (Å²) in [6.07, 6.45) is 0.776. The number of aromatic nitrogens is 2. The van der Waals surface area contributed by atoms with Crippen molar-refractivity contribution in [3.8, 4) is 11.5 Å². The molecule has 0 radical (unpaired) electrons. The van der Waals surface area contributed by atoms with E-state index in [1.54, 1.807) is 27.2 Å². The Kier molecular flexibility index (Phi) is 9.30. The Morgan fingerprint density at radius 1 is 1.21 bits per heavy atom. The number of carbonyl (C=O) groups is 1. The van der Waals surface area contributed by atoms with E-state index < -0.39 is 0 Å². The maximum Gasteiger partial charge on any atom is 0.254 e. The van der Waals surface area contributed by atoms with Crippen LogP contribution in [-0.4, -0.2) is 56.0 Å². The Labute approximate surface area is 179 Å². The standard InChI is InChI=1S/C19H25ClN4O4S/c1-5-28-23-18(25)12-29-19-21-16(20)11-17(22-19)24(2)9-8-13-6-7-14(26-3)15(10-13)27-4/h6-7,10-11H,5,8-9,12H2,1-4H3,(H,23,25). The molecule has 29 heavy (non-hydrogen) atoms. The predicted octanol–water partition coefficient (Wildman–Crippen LogP) is 2.99. The summed E-state index contributed by atoms with van der Waals surface area (Å²) < 4.78 is 10.6. The minimum absolute atomic E-state index is 0.134. The number of ether oxygens (including phenoxy) is 2. The Morgan fingerprint density at radius 3 is 2.66 bits per heavy atom.